The normalized spacial score (nSPS) is 9.94. The number of anilines is 2. The monoisotopic (exact) mass is 241 g/mol. The minimum atomic E-state index is -0.280. The number of amides is 1. The molecule has 4 N–H and O–H groups in total. The maximum atomic E-state index is 11.6. The zero-order valence-electron chi connectivity index (χ0n) is 9.51. The third kappa shape index (κ3) is 2.16. The summed E-state index contributed by atoms with van der Waals surface area (Å²) in [7, 11) is 1.53. The molecule has 0 bridgehead atoms. The second kappa shape index (κ2) is 4.98. The van der Waals surface area contributed by atoms with Crippen LogP contribution in [0.3, 0.4) is 0 Å². The first-order valence-corrected chi connectivity index (χ1v) is 5.73. The molecule has 1 aromatic heterocycles. The molecule has 0 aliphatic rings. The van der Waals surface area contributed by atoms with Gasteiger partial charge in [0.15, 0.2) is 5.78 Å². The largest absolute Gasteiger partial charge is 0.397 e. The van der Waals surface area contributed by atoms with Crippen molar-refractivity contribution in [2.45, 2.75) is 13.8 Å². The van der Waals surface area contributed by atoms with Crippen molar-refractivity contribution in [3.8, 4) is 0 Å². The average Bonchev–Trinajstić information content (AvgIpc) is 2.55. The summed E-state index contributed by atoms with van der Waals surface area (Å²) in [6.45, 7) is 4.02. The quantitative estimate of drug-likeness (QED) is 0.694. The minimum Gasteiger partial charge on any atom is -0.397 e. The van der Waals surface area contributed by atoms with Gasteiger partial charge in [0.2, 0.25) is 0 Å². The highest BCUT2D eigenvalue weighted by Gasteiger charge is 2.22. The van der Waals surface area contributed by atoms with Gasteiger partial charge in [-0.2, -0.15) is 0 Å². The Morgan fingerprint density at radius 3 is 2.50 bits per heavy atom. The maximum Gasteiger partial charge on any atom is 0.256 e. The van der Waals surface area contributed by atoms with Crippen molar-refractivity contribution >= 4 is 33.7 Å². The van der Waals surface area contributed by atoms with E-state index in [1.807, 2.05) is 6.92 Å². The summed E-state index contributed by atoms with van der Waals surface area (Å²) in [5.41, 5.74) is 6.42. The van der Waals surface area contributed by atoms with Gasteiger partial charge in [0.1, 0.15) is 5.00 Å². The molecule has 16 heavy (non-hydrogen) atoms. The summed E-state index contributed by atoms with van der Waals surface area (Å²) in [6.07, 6.45) is 0. The van der Waals surface area contributed by atoms with Crippen LogP contribution in [0.25, 0.3) is 0 Å². The van der Waals surface area contributed by atoms with Crippen LogP contribution in [0.2, 0.25) is 0 Å². The van der Waals surface area contributed by atoms with Gasteiger partial charge in [-0.05, 0) is 6.92 Å². The van der Waals surface area contributed by atoms with Crippen molar-refractivity contribution in [1.82, 2.24) is 5.32 Å². The number of rotatable bonds is 4. The zero-order chi connectivity index (χ0) is 12.3. The lowest BCUT2D eigenvalue weighted by Gasteiger charge is -2.04. The van der Waals surface area contributed by atoms with E-state index in [0.717, 1.165) is 0 Å². The second-order valence-corrected chi connectivity index (χ2v) is 4.24. The maximum absolute atomic E-state index is 11.6. The van der Waals surface area contributed by atoms with Gasteiger partial charge in [0, 0.05) is 20.5 Å². The fourth-order valence-electron chi connectivity index (χ4n) is 1.34. The van der Waals surface area contributed by atoms with Crippen LogP contribution >= 0.6 is 11.3 Å². The number of thiophene rings is 1. The third-order valence-electron chi connectivity index (χ3n) is 2.06. The molecule has 88 valence electrons. The van der Waals surface area contributed by atoms with Gasteiger partial charge in [-0.3, -0.25) is 9.59 Å². The molecule has 1 amide bonds. The number of hydrogen-bond donors (Lipinski definition) is 3. The average molecular weight is 241 g/mol. The summed E-state index contributed by atoms with van der Waals surface area (Å²) in [5, 5.41) is 6.19. The molecule has 0 atom stereocenters. The van der Waals surface area contributed by atoms with E-state index in [1.165, 1.54) is 25.3 Å². The van der Waals surface area contributed by atoms with Crippen molar-refractivity contribution in [2.24, 2.45) is 0 Å². The number of nitrogen functional groups attached to an aromatic ring is 1. The van der Waals surface area contributed by atoms with E-state index < -0.39 is 0 Å². The SMILES string of the molecule is CCNc1sc(C(C)=O)c(N)c1C(=O)NC. The summed E-state index contributed by atoms with van der Waals surface area (Å²) in [4.78, 5) is 23.4. The molecule has 1 aromatic rings. The van der Waals surface area contributed by atoms with E-state index in [2.05, 4.69) is 10.6 Å². The summed E-state index contributed by atoms with van der Waals surface area (Å²) < 4.78 is 0. The van der Waals surface area contributed by atoms with Crippen molar-refractivity contribution in [1.29, 1.82) is 0 Å². The van der Waals surface area contributed by atoms with E-state index in [1.54, 1.807) is 0 Å². The van der Waals surface area contributed by atoms with Crippen LogP contribution < -0.4 is 16.4 Å². The third-order valence-corrected chi connectivity index (χ3v) is 3.32. The Morgan fingerprint density at radius 1 is 1.44 bits per heavy atom. The van der Waals surface area contributed by atoms with Gasteiger partial charge in [-0.15, -0.1) is 11.3 Å². The molecule has 0 aliphatic carbocycles. The first kappa shape index (κ1) is 12.5. The van der Waals surface area contributed by atoms with E-state index >= 15 is 0 Å². The summed E-state index contributed by atoms with van der Waals surface area (Å²) in [5.74, 6) is -0.408. The molecule has 0 saturated carbocycles. The lowest BCUT2D eigenvalue weighted by molar-refractivity contribution is 0.0965. The molecule has 1 heterocycles. The van der Waals surface area contributed by atoms with E-state index in [4.69, 9.17) is 5.73 Å². The number of nitrogens with one attached hydrogen (secondary N) is 2. The van der Waals surface area contributed by atoms with Crippen LogP contribution in [0.15, 0.2) is 0 Å². The molecule has 1 rings (SSSR count). The summed E-state index contributed by atoms with van der Waals surface area (Å²) in [6, 6.07) is 0. The number of ketones is 1. The Morgan fingerprint density at radius 2 is 2.06 bits per heavy atom. The first-order valence-electron chi connectivity index (χ1n) is 4.92. The van der Waals surface area contributed by atoms with Crippen molar-refractivity contribution < 1.29 is 9.59 Å². The van der Waals surface area contributed by atoms with Crippen LogP contribution in [0.5, 0.6) is 0 Å². The Balaban J connectivity index is 3.31. The van der Waals surface area contributed by atoms with Gasteiger partial charge in [-0.1, -0.05) is 0 Å². The first-order chi connectivity index (χ1) is 7.52. The molecule has 6 heteroatoms. The van der Waals surface area contributed by atoms with Crippen LogP contribution in [0, 0.1) is 0 Å². The minimum absolute atomic E-state index is 0.128. The number of carbonyl (C=O) groups excluding carboxylic acids is 2. The lowest BCUT2D eigenvalue weighted by atomic mass is 10.2. The Bertz CT molecular complexity index is 426. The van der Waals surface area contributed by atoms with Gasteiger partial charge in [0.05, 0.1) is 16.1 Å². The predicted molar refractivity (Wildman–Crippen MR) is 66.3 cm³/mol. The Hall–Kier alpha value is -1.56. The molecule has 0 spiro atoms. The number of Topliss-reactive ketones (excluding diaryl/α,β-unsaturated/α-hetero) is 1. The van der Waals surface area contributed by atoms with Gasteiger partial charge in [-0.25, -0.2) is 0 Å². The second-order valence-electron chi connectivity index (χ2n) is 3.21. The Kier molecular flexibility index (Phi) is 3.89. The standard InChI is InChI=1S/C10H15N3O2S/c1-4-13-10-6(9(15)12-3)7(11)8(16-10)5(2)14/h13H,4,11H2,1-3H3,(H,12,15). The highest BCUT2D eigenvalue weighted by Crippen LogP contribution is 2.35. The molecular weight excluding hydrogens is 226 g/mol. The molecule has 0 aromatic carbocycles. The zero-order valence-corrected chi connectivity index (χ0v) is 10.3. The fraction of sp³-hybridized carbons (Fsp3) is 0.400. The highest BCUT2D eigenvalue weighted by atomic mass is 32.1. The topological polar surface area (TPSA) is 84.2 Å². The molecule has 0 aliphatic heterocycles. The summed E-state index contributed by atoms with van der Waals surface area (Å²) >= 11 is 1.22. The molecule has 0 radical (unpaired) electrons. The van der Waals surface area contributed by atoms with Gasteiger partial charge in [0.25, 0.3) is 5.91 Å². The van der Waals surface area contributed by atoms with Gasteiger partial charge < -0.3 is 16.4 Å². The van der Waals surface area contributed by atoms with E-state index in [9.17, 15) is 9.59 Å². The van der Waals surface area contributed by atoms with Crippen molar-refractivity contribution in [3.05, 3.63) is 10.4 Å². The molecule has 0 fully saturated rings. The lowest BCUT2D eigenvalue weighted by Crippen LogP contribution is -2.20. The number of hydrogen-bond acceptors (Lipinski definition) is 5. The number of carbonyl (C=O) groups is 2. The smallest absolute Gasteiger partial charge is 0.256 e. The van der Waals surface area contributed by atoms with Crippen molar-refractivity contribution in [2.75, 3.05) is 24.6 Å². The van der Waals surface area contributed by atoms with E-state index in [-0.39, 0.29) is 17.4 Å². The van der Waals surface area contributed by atoms with Gasteiger partial charge >= 0.3 is 0 Å². The van der Waals surface area contributed by atoms with Crippen LogP contribution in [0.1, 0.15) is 33.9 Å². The van der Waals surface area contributed by atoms with Crippen LogP contribution in [-0.2, 0) is 0 Å². The van der Waals surface area contributed by atoms with Crippen molar-refractivity contribution in [3.63, 3.8) is 0 Å². The van der Waals surface area contributed by atoms with Crippen LogP contribution in [0.4, 0.5) is 10.7 Å². The highest BCUT2D eigenvalue weighted by molar-refractivity contribution is 7.19. The fourth-order valence-corrected chi connectivity index (χ4v) is 2.42. The molecule has 5 nitrogen and oxygen atoms in total. The number of nitrogens with two attached hydrogens (primary N) is 1. The Labute approximate surface area is 98.0 Å². The molecule has 0 saturated heterocycles. The molecule has 0 unspecified atom stereocenters. The predicted octanol–water partition coefficient (Wildman–Crippen LogP) is 1.32. The van der Waals surface area contributed by atoms with Crippen LogP contribution in [-0.4, -0.2) is 25.3 Å². The van der Waals surface area contributed by atoms with E-state index in [0.29, 0.717) is 22.0 Å². The molecular formula is C10H15N3O2S.